The SMILES string of the molecule is Clc1cccc(-c2ccnc(-c3nc(-c4ccccc4)nc(-c4ccccc4)n3)c2)c1-c1cccc(-c2nc3ccccc3n2-c2ccccc2)c1. The van der Waals surface area contributed by atoms with Crippen molar-refractivity contribution in [2.24, 2.45) is 0 Å². The number of halogens is 1. The molecule has 0 N–H and O–H groups in total. The van der Waals surface area contributed by atoms with Crippen LogP contribution in [0.3, 0.4) is 0 Å². The molecule has 9 rings (SSSR count). The zero-order valence-corrected chi connectivity index (χ0v) is 28.6. The molecule has 0 aliphatic heterocycles. The number of aromatic nitrogens is 6. The van der Waals surface area contributed by atoms with Gasteiger partial charge in [-0.2, -0.15) is 0 Å². The second-order valence-corrected chi connectivity index (χ2v) is 12.7. The molecule has 3 heterocycles. The van der Waals surface area contributed by atoms with E-state index in [9.17, 15) is 0 Å². The maximum absolute atomic E-state index is 7.07. The van der Waals surface area contributed by atoms with Crippen LogP contribution in [0.4, 0.5) is 0 Å². The van der Waals surface area contributed by atoms with Gasteiger partial charge in [-0.1, -0.05) is 133 Å². The number of hydrogen-bond donors (Lipinski definition) is 0. The highest BCUT2D eigenvalue weighted by Gasteiger charge is 2.19. The van der Waals surface area contributed by atoms with E-state index < -0.39 is 0 Å². The summed E-state index contributed by atoms with van der Waals surface area (Å²) in [6.45, 7) is 0. The van der Waals surface area contributed by atoms with Crippen molar-refractivity contribution in [2.45, 2.75) is 0 Å². The normalized spacial score (nSPS) is 11.2. The van der Waals surface area contributed by atoms with Gasteiger partial charge in [0.25, 0.3) is 0 Å². The minimum Gasteiger partial charge on any atom is -0.292 e. The Labute approximate surface area is 305 Å². The van der Waals surface area contributed by atoms with E-state index in [4.69, 9.17) is 36.5 Å². The molecule has 0 radical (unpaired) electrons. The van der Waals surface area contributed by atoms with Crippen LogP contribution in [0.5, 0.6) is 0 Å². The monoisotopic (exact) mass is 688 g/mol. The number of nitrogens with zero attached hydrogens (tertiary/aromatic N) is 6. The summed E-state index contributed by atoms with van der Waals surface area (Å²) < 4.78 is 2.21. The maximum Gasteiger partial charge on any atom is 0.182 e. The summed E-state index contributed by atoms with van der Waals surface area (Å²) in [6, 6.07) is 56.8. The quantitative estimate of drug-likeness (QED) is 0.167. The molecule has 0 saturated heterocycles. The van der Waals surface area contributed by atoms with Crippen molar-refractivity contribution in [3.05, 3.63) is 181 Å². The number of benzene rings is 6. The lowest BCUT2D eigenvalue weighted by molar-refractivity contribution is 1.06. The van der Waals surface area contributed by atoms with Gasteiger partial charge in [-0.15, -0.1) is 0 Å². The third kappa shape index (κ3) is 5.91. The molecular weight excluding hydrogens is 660 g/mol. The fourth-order valence-corrected chi connectivity index (χ4v) is 6.86. The number of imidazole rings is 1. The molecule has 0 spiro atoms. The molecular formula is C45H29ClN6. The number of rotatable bonds is 7. The average Bonchev–Trinajstić information content (AvgIpc) is 3.62. The predicted octanol–water partition coefficient (Wildman–Crippen LogP) is 11.3. The van der Waals surface area contributed by atoms with Gasteiger partial charge in [0.2, 0.25) is 0 Å². The van der Waals surface area contributed by atoms with Crippen molar-refractivity contribution < 1.29 is 0 Å². The molecule has 0 atom stereocenters. The minimum absolute atomic E-state index is 0.486. The number of hydrogen-bond acceptors (Lipinski definition) is 5. The smallest absolute Gasteiger partial charge is 0.182 e. The van der Waals surface area contributed by atoms with Gasteiger partial charge >= 0.3 is 0 Å². The van der Waals surface area contributed by atoms with Gasteiger partial charge in [-0.3, -0.25) is 9.55 Å². The molecule has 6 nitrogen and oxygen atoms in total. The standard InChI is InChI=1S/C45H29ClN6/c46-37-23-13-22-36(41(37)33-18-12-19-34(28-33)45-48-38-24-10-11-25-40(38)52(45)35-20-8-3-9-21-35)32-26-27-47-39(29-32)44-50-42(30-14-4-1-5-15-30)49-43(51-44)31-16-6-2-7-17-31/h1-29H. The van der Waals surface area contributed by atoms with Gasteiger partial charge in [0.1, 0.15) is 11.5 Å². The van der Waals surface area contributed by atoms with E-state index in [-0.39, 0.29) is 0 Å². The fourth-order valence-electron chi connectivity index (χ4n) is 6.57. The topological polar surface area (TPSA) is 69.4 Å². The zero-order chi connectivity index (χ0) is 34.9. The van der Waals surface area contributed by atoms with Gasteiger partial charge < -0.3 is 0 Å². The van der Waals surface area contributed by atoms with Crippen LogP contribution in [0, 0.1) is 0 Å². The van der Waals surface area contributed by atoms with E-state index in [1.165, 1.54) is 0 Å². The Morgan fingerprint density at radius 1 is 0.442 bits per heavy atom. The lowest BCUT2D eigenvalue weighted by atomic mass is 9.93. The molecule has 52 heavy (non-hydrogen) atoms. The minimum atomic E-state index is 0.486. The van der Waals surface area contributed by atoms with Crippen molar-refractivity contribution in [3.8, 4) is 73.6 Å². The van der Waals surface area contributed by atoms with Gasteiger partial charge in [0.05, 0.1) is 11.0 Å². The first-order valence-corrected chi connectivity index (χ1v) is 17.3. The van der Waals surface area contributed by atoms with E-state index in [0.717, 1.165) is 61.5 Å². The molecule has 0 fully saturated rings. The Morgan fingerprint density at radius 2 is 1.04 bits per heavy atom. The Bertz CT molecular complexity index is 2630. The number of fused-ring (bicyclic) bond motifs is 1. The van der Waals surface area contributed by atoms with Crippen molar-refractivity contribution in [1.82, 2.24) is 29.5 Å². The van der Waals surface area contributed by atoms with E-state index in [2.05, 4.69) is 53.1 Å². The summed E-state index contributed by atoms with van der Waals surface area (Å²) in [7, 11) is 0. The third-order valence-electron chi connectivity index (χ3n) is 9.00. The molecule has 7 heteroatoms. The van der Waals surface area contributed by atoms with E-state index >= 15 is 0 Å². The second kappa shape index (κ2) is 13.5. The molecule has 0 saturated carbocycles. The molecule has 0 amide bonds. The largest absolute Gasteiger partial charge is 0.292 e. The van der Waals surface area contributed by atoms with Gasteiger partial charge in [0.15, 0.2) is 17.5 Å². The maximum atomic E-state index is 7.07. The van der Waals surface area contributed by atoms with Crippen molar-refractivity contribution >= 4 is 22.6 Å². The zero-order valence-electron chi connectivity index (χ0n) is 27.8. The van der Waals surface area contributed by atoms with E-state index in [1.54, 1.807) is 6.20 Å². The molecule has 9 aromatic rings. The van der Waals surface area contributed by atoms with Crippen LogP contribution in [0.15, 0.2) is 176 Å². The lowest BCUT2D eigenvalue weighted by Gasteiger charge is -2.15. The summed E-state index contributed by atoms with van der Waals surface area (Å²) in [5, 5.41) is 0.641. The second-order valence-electron chi connectivity index (χ2n) is 12.3. The Kier molecular flexibility index (Phi) is 8.12. The van der Waals surface area contributed by atoms with Gasteiger partial charge in [-0.05, 0) is 65.2 Å². The molecule has 0 aliphatic carbocycles. The summed E-state index contributed by atoms with van der Waals surface area (Å²) in [5.41, 5.74) is 10.2. The van der Waals surface area contributed by atoms with E-state index in [1.807, 2.05) is 121 Å². The van der Waals surface area contributed by atoms with Crippen molar-refractivity contribution in [2.75, 3.05) is 0 Å². The molecule has 0 unspecified atom stereocenters. The summed E-state index contributed by atoms with van der Waals surface area (Å²) in [5.74, 6) is 2.50. The number of para-hydroxylation sites is 3. The van der Waals surface area contributed by atoms with Crippen LogP contribution in [-0.4, -0.2) is 29.5 Å². The van der Waals surface area contributed by atoms with Crippen LogP contribution in [0.1, 0.15) is 0 Å². The molecule has 3 aromatic heterocycles. The summed E-state index contributed by atoms with van der Waals surface area (Å²) in [6.07, 6.45) is 1.79. The van der Waals surface area contributed by atoms with Crippen molar-refractivity contribution in [3.63, 3.8) is 0 Å². The highest BCUT2D eigenvalue weighted by atomic mass is 35.5. The Balaban J connectivity index is 1.16. The highest BCUT2D eigenvalue weighted by molar-refractivity contribution is 6.34. The predicted molar refractivity (Wildman–Crippen MR) is 210 cm³/mol. The lowest BCUT2D eigenvalue weighted by Crippen LogP contribution is -2.01. The molecule has 0 bridgehead atoms. The summed E-state index contributed by atoms with van der Waals surface area (Å²) in [4.78, 5) is 24.5. The van der Waals surface area contributed by atoms with Crippen LogP contribution in [-0.2, 0) is 0 Å². The van der Waals surface area contributed by atoms with E-state index in [0.29, 0.717) is 28.2 Å². The van der Waals surface area contributed by atoms with Gasteiger partial charge in [0, 0.05) is 39.2 Å². The molecule has 6 aromatic carbocycles. The molecule has 0 aliphatic rings. The third-order valence-corrected chi connectivity index (χ3v) is 9.31. The Hall–Kier alpha value is -6.76. The van der Waals surface area contributed by atoms with Gasteiger partial charge in [-0.25, -0.2) is 19.9 Å². The van der Waals surface area contributed by atoms with Crippen LogP contribution < -0.4 is 0 Å². The number of pyridine rings is 1. The molecule has 246 valence electrons. The van der Waals surface area contributed by atoms with Crippen LogP contribution >= 0.6 is 11.6 Å². The van der Waals surface area contributed by atoms with Crippen LogP contribution in [0.2, 0.25) is 5.02 Å². The van der Waals surface area contributed by atoms with Crippen LogP contribution in [0.25, 0.3) is 84.7 Å². The highest BCUT2D eigenvalue weighted by Crippen LogP contribution is 2.40. The first kappa shape index (κ1) is 31.2. The first-order chi connectivity index (χ1) is 25.7. The summed E-state index contributed by atoms with van der Waals surface area (Å²) >= 11 is 7.07. The Morgan fingerprint density at radius 3 is 1.77 bits per heavy atom. The fraction of sp³-hybridized carbons (Fsp3) is 0. The van der Waals surface area contributed by atoms with Crippen molar-refractivity contribution in [1.29, 1.82) is 0 Å². The average molecular weight is 689 g/mol. The first-order valence-electron chi connectivity index (χ1n) is 17.0.